The fraction of sp³-hybridized carbons (Fsp3) is 0.300. The van der Waals surface area contributed by atoms with Crippen LogP contribution in [-0.4, -0.2) is 23.3 Å². The van der Waals surface area contributed by atoms with Crippen molar-refractivity contribution in [3.05, 3.63) is 27.7 Å². The summed E-state index contributed by atoms with van der Waals surface area (Å²) in [5, 5.41) is 18.9. The van der Waals surface area contributed by atoms with E-state index >= 15 is 0 Å². The van der Waals surface area contributed by atoms with E-state index in [1.807, 2.05) is 0 Å². The molecule has 1 atom stereocenters. The fourth-order valence-corrected chi connectivity index (χ4v) is 1.75. The van der Waals surface area contributed by atoms with Crippen LogP contribution in [0.2, 0.25) is 10.0 Å². The van der Waals surface area contributed by atoms with Gasteiger partial charge in [-0.25, -0.2) is 4.79 Å². The van der Waals surface area contributed by atoms with Crippen LogP contribution in [0.15, 0.2) is 12.1 Å². The van der Waals surface area contributed by atoms with Crippen molar-refractivity contribution in [2.24, 2.45) is 0 Å². The van der Waals surface area contributed by atoms with E-state index in [1.165, 1.54) is 19.2 Å². The zero-order chi connectivity index (χ0) is 12.5. The van der Waals surface area contributed by atoms with Gasteiger partial charge in [0.2, 0.25) is 0 Å². The molecule has 0 aromatic heterocycles. The number of hydrogen-bond acceptors (Lipinski definition) is 3. The normalized spacial score (nSPS) is 14.3. The molecule has 0 heterocycles. The van der Waals surface area contributed by atoms with Crippen molar-refractivity contribution in [1.29, 1.82) is 0 Å². The second-order valence-corrected chi connectivity index (χ2v) is 4.16. The predicted molar refractivity (Wildman–Crippen MR) is 60.2 cm³/mol. The van der Waals surface area contributed by atoms with Crippen molar-refractivity contribution in [2.75, 3.05) is 7.11 Å². The quantitative estimate of drug-likeness (QED) is 0.879. The van der Waals surface area contributed by atoms with Crippen LogP contribution in [0.25, 0.3) is 0 Å². The van der Waals surface area contributed by atoms with Gasteiger partial charge in [-0.1, -0.05) is 23.2 Å². The summed E-state index contributed by atoms with van der Waals surface area (Å²) >= 11 is 11.7. The molecule has 0 fully saturated rings. The van der Waals surface area contributed by atoms with Crippen molar-refractivity contribution >= 4 is 29.2 Å². The number of halogens is 2. The number of carboxylic acid groups (broad SMARTS) is 1. The van der Waals surface area contributed by atoms with Gasteiger partial charge in [-0.05, 0) is 13.0 Å². The third kappa shape index (κ3) is 2.24. The largest absolute Gasteiger partial charge is 0.495 e. The van der Waals surface area contributed by atoms with Crippen LogP contribution in [0, 0.1) is 0 Å². The molecule has 0 spiro atoms. The van der Waals surface area contributed by atoms with Crippen molar-refractivity contribution in [1.82, 2.24) is 0 Å². The number of carboxylic acids is 1. The Morgan fingerprint density at radius 3 is 2.38 bits per heavy atom. The molecule has 2 N–H and O–H groups in total. The zero-order valence-corrected chi connectivity index (χ0v) is 10.1. The highest BCUT2D eigenvalue weighted by molar-refractivity contribution is 6.35. The molecule has 1 aromatic carbocycles. The van der Waals surface area contributed by atoms with E-state index in [9.17, 15) is 9.90 Å². The lowest BCUT2D eigenvalue weighted by Gasteiger charge is -2.20. The average Bonchev–Trinajstić information content (AvgIpc) is 2.20. The molecular formula is C10H10Cl2O4. The van der Waals surface area contributed by atoms with Gasteiger partial charge in [-0.15, -0.1) is 0 Å². The van der Waals surface area contributed by atoms with E-state index in [1.54, 1.807) is 0 Å². The first-order chi connectivity index (χ1) is 7.30. The van der Waals surface area contributed by atoms with Crippen molar-refractivity contribution < 1.29 is 19.7 Å². The van der Waals surface area contributed by atoms with Gasteiger partial charge in [0.25, 0.3) is 0 Å². The molecule has 0 aliphatic heterocycles. The highest BCUT2D eigenvalue weighted by Gasteiger charge is 2.35. The molecule has 0 radical (unpaired) electrons. The molecule has 4 nitrogen and oxygen atoms in total. The number of ether oxygens (including phenoxy) is 1. The topological polar surface area (TPSA) is 66.8 Å². The Morgan fingerprint density at radius 2 is 1.94 bits per heavy atom. The van der Waals surface area contributed by atoms with Crippen LogP contribution >= 0.6 is 23.2 Å². The monoisotopic (exact) mass is 264 g/mol. The minimum atomic E-state index is -2.09. The molecule has 6 heteroatoms. The third-order valence-corrected chi connectivity index (χ3v) is 2.79. The van der Waals surface area contributed by atoms with Crippen LogP contribution in [0.5, 0.6) is 5.75 Å². The van der Waals surface area contributed by atoms with Crippen molar-refractivity contribution in [3.8, 4) is 5.75 Å². The lowest BCUT2D eigenvalue weighted by Crippen LogP contribution is -2.32. The Hall–Kier alpha value is -0.970. The summed E-state index contributed by atoms with van der Waals surface area (Å²) in [6.07, 6.45) is 0. The van der Waals surface area contributed by atoms with E-state index in [4.69, 9.17) is 33.0 Å². The summed E-state index contributed by atoms with van der Waals surface area (Å²) in [5.41, 5.74) is -2.07. The molecule has 0 aliphatic carbocycles. The number of aliphatic hydroxyl groups is 1. The number of methoxy groups -OCH3 is 1. The van der Waals surface area contributed by atoms with Crippen molar-refractivity contribution in [2.45, 2.75) is 12.5 Å². The van der Waals surface area contributed by atoms with Crippen LogP contribution in [0.1, 0.15) is 12.5 Å². The Kier molecular flexibility index (Phi) is 3.68. The van der Waals surface area contributed by atoms with Gasteiger partial charge >= 0.3 is 5.97 Å². The van der Waals surface area contributed by atoms with E-state index < -0.39 is 11.6 Å². The molecule has 0 amide bonds. The molecule has 0 saturated carbocycles. The van der Waals surface area contributed by atoms with E-state index in [0.29, 0.717) is 5.75 Å². The molecule has 0 saturated heterocycles. The number of rotatable bonds is 3. The summed E-state index contributed by atoms with van der Waals surface area (Å²) < 4.78 is 4.91. The molecule has 1 rings (SSSR count). The summed E-state index contributed by atoms with van der Waals surface area (Å²) in [7, 11) is 1.41. The Labute approximate surface area is 102 Å². The molecule has 0 bridgehead atoms. The number of aliphatic carboxylic acids is 1. The van der Waals surface area contributed by atoms with Gasteiger partial charge in [-0.3, -0.25) is 0 Å². The zero-order valence-electron chi connectivity index (χ0n) is 8.62. The van der Waals surface area contributed by atoms with Crippen LogP contribution in [0.3, 0.4) is 0 Å². The predicted octanol–water partition coefficient (Wildman–Crippen LogP) is 2.29. The third-order valence-electron chi connectivity index (χ3n) is 2.18. The van der Waals surface area contributed by atoms with Crippen LogP contribution < -0.4 is 4.74 Å². The maximum atomic E-state index is 10.9. The Morgan fingerprint density at radius 1 is 1.38 bits per heavy atom. The molecule has 88 valence electrons. The molecule has 16 heavy (non-hydrogen) atoms. The first-order valence-electron chi connectivity index (χ1n) is 4.30. The second kappa shape index (κ2) is 4.49. The maximum Gasteiger partial charge on any atom is 0.340 e. The maximum absolute atomic E-state index is 10.9. The van der Waals surface area contributed by atoms with Crippen LogP contribution in [-0.2, 0) is 10.4 Å². The molecule has 1 unspecified atom stereocenters. The summed E-state index contributed by atoms with van der Waals surface area (Å²) in [4.78, 5) is 10.9. The Balaban J connectivity index is 3.37. The number of hydrogen-bond donors (Lipinski definition) is 2. The highest BCUT2D eigenvalue weighted by Crippen LogP contribution is 2.36. The van der Waals surface area contributed by atoms with Gasteiger partial charge in [0.15, 0.2) is 5.60 Å². The van der Waals surface area contributed by atoms with Crippen molar-refractivity contribution in [3.63, 3.8) is 0 Å². The summed E-state index contributed by atoms with van der Waals surface area (Å²) in [6, 6.07) is 2.63. The lowest BCUT2D eigenvalue weighted by atomic mass is 9.96. The van der Waals surface area contributed by atoms with Gasteiger partial charge in [0.1, 0.15) is 5.75 Å². The average molecular weight is 265 g/mol. The minimum absolute atomic E-state index is 0.0208. The van der Waals surface area contributed by atoms with Gasteiger partial charge in [0, 0.05) is 11.6 Å². The molecule has 0 aliphatic rings. The van der Waals surface area contributed by atoms with Gasteiger partial charge in [-0.2, -0.15) is 0 Å². The molecular weight excluding hydrogens is 255 g/mol. The first kappa shape index (κ1) is 13.1. The highest BCUT2D eigenvalue weighted by atomic mass is 35.5. The SMILES string of the molecule is COc1cc(Cl)c(C(C)(O)C(=O)O)cc1Cl. The van der Waals surface area contributed by atoms with Gasteiger partial charge < -0.3 is 14.9 Å². The Bertz CT molecular complexity index is 429. The van der Waals surface area contributed by atoms with Crippen LogP contribution in [0.4, 0.5) is 0 Å². The lowest BCUT2D eigenvalue weighted by molar-refractivity contribution is -0.157. The number of carbonyl (C=O) groups is 1. The summed E-state index contributed by atoms with van der Waals surface area (Å²) in [6.45, 7) is 1.12. The minimum Gasteiger partial charge on any atom is -0.495 e. The van der Waals surface area contributed by atoms with E-state index in [-0.39, 0.29) is 15.6 Å². The van der Waals surface area contributed by atoms with Gasteiger partial charge in [0.05, 0.1) is 17.2 Å². The second-order valence-electron chi connectivity index (χ2n) is 3.34. The fourth-order valence-electron chi connectivity index (χ4n) is 1.17. The summed E-state index contributed by atoms with van der Waals surface area (Å²) in [5.74, 6) is -1.09. The standard InChI is InChI=1S/C10H10Cl2O4/c1-10(15,9(13)14)5-3-7(12)8(16-2)4-6(5)11/h3-4,15H,1-2H3,(H,13,14). The van der Waals surface area contributed by atoms with E-state index in [0.717, 1.165) is 6.92 Å². The van der Waals surface area contributed by atoms with E-state index in [2.05, 4.69) is 0 Å². The number of benzene rings is 1. The molecule has 1 aromatic rings. The smallest absolute Gasteiger partial charge is 0.340 e. The first-order valence-corrected chi connectivity index (χ1v) is 5.05.